The summed E-state index contributed by atoms with van der Waals surface area (Å²) in [5.74, 6) is -0.200. The van der Waals surface area contributed by atoms with E-state index in [-0.39, 0.29) is 16.8 Å². The lowest BCUT2D eigenvalue weighted by atomic mass is 9.96. The predicted octanol–water partition coefficient (Wildman–Crippen LogP) is 3.98. The van der Waals surface area contributed by atoms with E-state index in [1.165, 1.54) is 16.8 Å². The summed E-state index contributed by atoms with van der Waals surface area (Å²) in [6.07, 6.45) is 5.07. The Balaban J connectivity index is 1.74. The molecule has 0 atom stereocenters. The maximum Gasteiger partial charge on any atom is 0.253 e. The molecule has 2 aromatic carbocycles. The van der Waals surface area contributed by atoms with Crippen molar-refractivity contribution in [1.29, 1.82) is 0 Å². The molecular formula is C24H33N3O3S. The third-order valence-electron chi connectivity index (χ3n) is 6.07. The standard InChI is InChI=1S/C24H33N3O3S/c1-25(2)21-15-13-19(14-16-21)18-26(3)24(28)20-9-8-12-23(17-20)31(29,30)27(4)22-10-6-5-7-11-22/h8-9,12-17,22H,5-7,10-11,18H2,1-4H3. The summed E-state index contributed by atoms with van der Waals surface area (Å²) in [5, 5.41) is 0. The fourth-order valence-corrected chi connectivity index (χ4v) is 5.52. The Kier molecular flexibility index (Phi) is 7.38. The maximum atomic E-state index is 13.2. The molecule has 31 heavy (non-hydrogen) atoms. The van der Waals surface area contributed by atoms with Crippen LogP contribution in [0.1, 0.15) is 48.0 Å². The summed E-state index contributed by atoms with van der Waals surface area (Å²) < 4.78 is 27.8. The second-order valence-electron chi connectivity index (χ2n) is 8.56. The normalized spacial score (nSPS) is 15.1. The number of amides is 1. The lowest BCUT2D eigenvalue weighted by Gasteiger charge is -2.30. The van der Waals surface area contributed by atoms with Crippen LogP contribution in [-0.2, 0) is 16.6 Å². The summed E-state index contributed by atoms with van der Waals surface area (Å²) in [7, 11) is 3.72. The Morgan fingerprint density at radius 1 is 0.935 bits per heavy atom. The van der Waals surface area contributed by atoms with Crippen LogP contribution in [0.2, 0.25) is 0 Å². The van der Waals surface area contributed by atoms with Gasteiger partial charge in [-0.2, -0.15) is 4.31 Å². The van der Waals surface area contributed by atoms with Crippen LogP contribution in [0.3, 0.4) is 0 Å². The largest absolute Gasteiger partial charge is 0.378 e. The van der Waals surface area contributed by atoms with Gasteiger partial charge in [0.15, 0.2) is 0 Å². The molecule has 0 bridgehead atoms. The minimum absolute atomic E-state index is 0.0333. The van der Waals surface area contributed by atoms with Crippen LogP contribution in [-0.4, -0.2) is 57.8 Å². The van der Waals surface area contributed by atoms with Crippen molar-refractivity contribution in [2.75, 3.05) is 33.1 Å². The molecule has 0 heterocycles. The minimum Gasteiger partial charge on any atom is -0.378 e. The molecule has 6 nitrogen and oxygen atoms in total. The number of benzene rings is 2. The van der Waals surface area contributed by atoms with Crippen LogP contribution < -0.4 is 4.90 Å². The first kappa shape index (κ1) is 23.3. The van der Waals surface area contributed by atoms with Crippen LogP contribution >= 0.6 is 0 Å². The number of sulfonamides is 1. The predicted molar refractivity (Wildman–Crippen MR) is 125 cm³/mol. The smallest absolute Gasteiger partial charge is 0.253 e. The SMILES string of the molecule is CN(Cc1ccc(N(C)C)cc1)C(=O)c1cccc(S(=O)(=O)N(C)C2CCCCC2)c1. The van der Waals surface area contributed by atoms with E-state index in [4.69, 9.17) is 0 Å². The van der Waals surface area contributed by atoms with Crippen LogP contribution in [0, 0.1) is 0 Å². The maximum absolute atomic E-state index is 13.2. The summed E-state index contributed by atoms with van der Waals surface area (Å²) in [6, 6.07) is 14.5. The van der Waals surface area contributed by atoms with Crippen LogP contribution in [0.25, 0.3) is 0 Å². The summed E-state index contributed by atoms with van der Waals surface area (Å²) in [4.78, 5) is 16.8. The van der Waals surface area contributed by atoms with E-state index < -0.39 is 10.0 Å². The van der Waals surface area contributed by atoms with Gasteiger partial charge in [0.2, 0.25) is 10.0 Å². The Hall–Kier alpha value is -2.38. The average Bonchev–Trinajstić information content (AvgIpc) is 2.79. The van der Waals surface area contributed by atoms with Gasteiger partial charge < -0.3 is 9.80 Å². The molecule has 1 amide bonds. The quantitative estimate of drug-likeness (QED) is 0.649. The second kappa shape index (κ2) is 9.83. The highest BCUT2D eigenvalue weighted by molar-refractivity contribution is 7.89. The molecule has 7 heteroatoms. The first-order valence-electron chi connectivity index (χ1n) is 10.8. The molecule has 0 aliphatic heterocycles. The molecule has 0 unspecified atom stereocenters. The summed E-state index contributed by atoms with van der Waals surface area (Å²) in [5.41, 5.74) is 2.49. The molecule has 168 valence electrons. The van der Waals surface area contributed by atoms with Crippen LogP contribution in [0.15, 0.2) is 53.4 Å². The zero-order chi connectivity index (χ0) is 22.6. The van der Waals surface area contributed by atoms with Crippen LogP contribution in [0.5, 0.6) is 0 Å². The van der Waals surface area contributed by atoms with Gasteiger partial charge in [-0.05, 0) is 48.7 Å². The van der Waals surface area contributed by atoms with Crippen molar-refractivity contribution in [2.45, 2.75) is 49.6 Å². The minimum atomic E-state index is -3.63. The number of hydrogen-bond donors (Lipinski definition) is 0. The number of anilines is 1. The number of hydrogen-bond acceptors (Lipinski definition) is 4. The Morgan fingerprint density at radius 2 is 1.58 bits per heavy atom. The number of nitrogens with zero attached hydrogens (tertiary/aromatic N) is 3. The van der Waals surface area contributed by atoms with E-state index in [1.807, 2.05) is 43.3 Å². The molecular weight excluding hydrogens is 410 g/mol. The first-order valence-corrected chi connectivity index (χ1v) is 12.2. The average molecular weight is 444 g/mol. The molecule has 0 aromatic heterocycles. The third kappa shape index (κ3) is 5.46. The fraction of sp³-hybridized carbons (Fsp3) is 0.458. The Morgan fingerprint density at radius 3 is 2.19 bits per heavy atom. The molecule has 1 aliphatic carbocycles. The molecule has 0 N–H and O–H groups in total. The monoisotopic (exact) mass is 443 g/mol. The summed E-state index contributed by atoms with van der Waals surface area (Å²) in [6.45, 7) is 0.450. The van der Waals surface area contributed by atoms with Gasteiger partial charge in [-0.25, -0.2) is 8.42 Å². The van der Waals surface area contributed by atoms with Gasteiger partial charge in [-0.3, -0.25) is 4.79 Å². The molecule has 1 aliphatic rings. The number of carbonyl (C=O) groups is 1. The third-order valence-corrected chi connectivity index (χ3v) is 7.97. The Labute approximate surface area is 186 Å². The topological polar surface area (TPSA) is 60.9 Å². The number of rotatable bonds is 7. The van der Waals surface area contributed by atoms with Gasteiger partial charge in [-0.15, -0.1) is 0 Å². The van der Waals surface area contributed by atoms with E-state index in [0.29, 0.717) is 12.1 Å². The highest BCUT2D eigenvalue weighted by atomic mass is 32.2. The number of carbonyl (C=O) groups excluding carboxylic acids is 1. The molecule has 0 saturated heterocycles. The second-order valence-corrected chi connectivity index (χ2v) is 10.6. The summed E-state index contributed by atoms with van der Waals surface area (Å²) >= 11 is 0. The molecule has 1 fully saturated rings. The van der Waals surface area contributed by atoms with Gasteiger partial charge in [-0.1, -0.05) is 37.5 Å². The van der Waals surface area contributed by atoms with Gasteiger partial charge in [0.05, 0.1) is 4.90 Å². The van der Waals surface area contributed by atoms with E-state index in [9.17, 15) is 13.2 Å². The Bertz CT molecular complexity index is 997. The van der Waals surface area contributed by atoms with E-state index in [2.05, 4.69) is 0 Å². The van der Waals surface area contributed by atoms with Crippen molar-refractivity contribution in [3.63, 3.8) is 0 Å². The van der Waals surface area contributed by atoms with Crippen molar-refractivity contribution >= 4 is 21.6 Å². The lowest BCUT2D eigenvalue weighted by Crippen LogP contribution is -2.38. The highest BCUT2D eigenvalue weighted by Gasteiger charge is 2.29. The zero-order valence-electron chi connectivity index (χ0n) is 18.9. The van der Waals surface area contributed by atoms with Crippen LogP contribution in [0.4, 0.5) is 5.69 Å². The van der Waals surface area contributed by atoms with Gasteiger partial charge in [0.25, 0.3) is 5.91 Å². The van der Waals surface area contributed by atoms with Crippen molar-refractivity contribution in [1.82, 2.24) is 9.21 Å². The van der Waals surface area contributed by atoms with E-state index >= 15 is 0 Å². The van der Waals surface area contributed by atoms with Gasteiger partial charge in [0.1, 0.15) is 0 Å². The molecule has 2 aromatic rings. The van der Waals surface area contributed by atoms with Crippen molar-refractivity contribution in [3.8, 4) is 0 Å². The van der Waals surface area contributed by atoms with Crippen molar-refractivity contribution in [3.05, 3.63) is 59.7 Å². The zero-order valence-corrected chi connectivity index (χ0v) is 19.7. The van der Waals surface area contributed by atoms with Gasteiger partial charge in [0, 0.05) is 52.0 Å². The highest BCUT2D eigenvalue weighted by Crippen LogP contribution is 2.27. The molecule has 3 rings (SSSR count). The molecule has 1 saturated carbocycles. The fourth-order valence-electron chi connectivity index (χ4n) is 4.06. The van der Waals surface area contributed by atoms with Gasteiger partial charge >= 0.3 is 0 Å². The first-order chi connectivity index (χ1) is 14.7. The van der Waals surface area contributed by atoms with E-state index in [1.54, 1.807) is 37.2 Å². The molecule has 0 spiro atoms. The van der Waals surface area contributed by atoms with E-state index in [0.717, 1.165) is 36.9 Å². The van der Waals surface area contributed by atoms with Crippen molar-refractivity contribution < 1.29 is 13.2 Å². The van der Waals surface area contributed by atoms with Crippen molar-refractivity contribution in [2.24, 2.45) is 0 Å². The molecule has 0 radical (unpaired) electrons. The lowest BCUT2D eigenvalue weighted by molar-refractivity contribution is 0.0785.